The number of hydrogen-bond acceptors (Lipinski definition) is 9. The van der Waals surface area contributed by atoms with Crippen LogP contribution < -0.4 is 5.73 Å². The van der Waals surface area contributed by atoms with Gasteiger partial charge in [-0.3, -0.25) is 24.0 Å². The summed E-state index contributed by atoms with van der Waals surface area (Å²) in [6.07, 6.45) is -0.602. The number of benzene rings is 1. The van der Waals surface area contributed by atoms with Gasteiger partial charge in [-0.05, 0) is 6.07 Å². The van der Waals surface area contributed by atoms with Crippen molar-refractivity contribution in [1.82, 2.24) is 0 Å². The summed E-state index contributed by atoms with van der Waals surface area (Å²) in [5.74, 6) is -3.56. The number of carbonyl (C=O) groups excluding carboxylic acids is 5. The fourth-order valence-corrected chi connectivity index (χ4v) is 2.78. The lowest BCUT2D eigenvalue weighted by molar-refractivity contribution is -0.151. The second-order valence-electron chi connectivity index (χ2n) is 6.14. The van der Waals surface area contributed by atoms with E-state index in [2.05, 4.69) is 0 Å². The van der Waals surface area contributed by atoms with E-state index in [1.54, 1.807) is 12.1 Å². The van der Waals surface area contributed by atoms with E-state index in [1.807, 2.05) is 0 Å². The van der Waals surface area contributed by atoms with E-state index in [4.69, 9.17) is 19.6 Å². The molecule has 1 aliphatic carbocycles. The number of carbonyl (C=O) groups is 5. The van der Waals surface area contributed by atoms with Gasteiger partial charge in [-0.25, -0.2) is 0 Å². The molecule has 1 aliphatic rings. The molecule has 1 aromatic carbocycles. The summed E-state index contributed by atoms with van der Waals surface area (Å²) < 4.78 is 14.9. The molecule has 2 N–H and O–H groups in total. The zero-order valence-corrected chi connectivity index (χ0v) is 16.5. The van der Waals surface area contributed by atoms with Gasteiger partial charge in [0.05, 0.1) is 12.0 Å². The predicted octanol–water partition coefficient (Wildman–Crippen LogP) is 1.48. The molecule has 1 aromatic heterocycles. The molecule has 0 unspecified atom stereocenters. The number of rotatable bonds is 8. The molecule has 0 bridgehead atoms. The molecule has 10 heteroatoms. The zero-order chi connectivity index (χ0) is 21.0. The fourth-order valence-electron chi connectivity index (χ4n) is 2.78. The Morgan fingerprint density at radius 2 is 1.50 bits per heavy atom. The number of halogens is 1. The van der Waals surface area contributed by atoms with Gasteiger partial charge in [0.1, 0.15) is 19.6 Å². The summed E-state index contributed by atoms with van der Waals surface area (Å²) in [7, 11) is 0. The molecule has 0 aliphatic heterocycles. The van der Waals surface area contributed by atoms with Crippen molar-refractivity contribution in [2.24, 2.45) is 5.73 Å². The smallest absolute Gasteiger partial charge is 0.313 e. The predicted molar refractivity (Wildman–Crippen MR) is 104 cm³/mol. The first-order chi connectivity index (χ1) is 13.9. The van der Waals surface area contributed by atoms with Crippen LogP contribution in [0.1, 0.15) is 55.4 Å². The topological polar surface area (TPSA) is 143 Å². The van der Waals surface area contributed by atoms with Gasteiger partial charge in [0, 0.05) is 17.7 Å². The Hall–Kier alpha value is -3.30. The highest BCUT2D eigenvalue weighted by Crippen LogP contribution is 2.30. The van der Waals surface area contributed by atoms with Gasteiger partial charge in [0.25, 0.3) is 0 Å². The van der Waals surface area contributed by atoms with Crippen molar-refractivity contribution in [2.75, 3.05) is 19.8 Å². The van der Waals surface area contributed by atoms with Crippen molar-refractivity contribution in [3.63, 3.8) is 0 Å². The molecule has 1 heterocycles. The van der Waals surface area contributed by atoms with Crippen LogP contribution in [-0.2, 0) is 19.1 Å². The number of esters is 2. The summed E-state index contributed by atoms with van der Waals surface area (Å²) in [5.41, 5.74) is 5.61. The fraction of sp³-hybridized carbons (Fsp3) is 0.250. The summed E-state index contributed by atoms with van der Waals surface area (Å²) in [6.45, 7) is -0.227. The number of hydrogen-bond donors (Lipinski definition) is 1. The SMILES string of the molecule is Cl.NCCC(=O)OCCOC(=O)CC(=O)c1cc2c(o1)C(=O)c1ccccc1C2=O. The second kappa shape index (κ2) is 9.95. The molecule has 0 amide bonds. The van der Waals surface area contributed by atoms with Gasteiger partial charge in [-0.2, -0.15) is 0 Å². The normalized spacial score (nSPS) is 11.8. The highest BCUT2D eigenvalue weighted by molar-refractivity contribution is 6.28. The Bertz CT molecular complexity index is 957. The van der Waals surface area contributed by atoms with Crippen LogP contribution in [0.15, 0.2) is 34.7 Å². The molecule has 9 nitrogen and oxygen atoms in total. The third-order valence-electron chi connectivity index (χ3n) is 4.14. The number of Topliss-reactive ketones (excluding diaryl/α,β-unsaturated/α-hetero) is 1. The van der Waals surface area contributed by atoms with Crippen molar-refractivity contribution < 1.29 is 37.9 Å². The molecular formula is C20H18ClNO8. The van der Waals surface area contributed by atoms with Gasteiger partial charge in [0.2, 0.25) is 11.6 Å². The van der Waals surface area contributed by atoms with Crippen molar-refractivity contribution in [3.8, 4) is 0 Å². The van der Waals surface area contributed by atoms with Crippen LogP contribution in [0.4, 0.5) is 0 Å². The maximum atomic E-state index is 12.5. The third-order valence-corrected chi connectivity index (χ3v) is 4.14. The molecule has 0 spiro atoms. The van der Waals surface area contributed by atoms with Gasteiger partial charge < -0.3 is 19.6 Å². The van der Waals surface area contributed by atoms with Crippen LogP contribution in [-0.4, -0.2) is 49.0 Å². The van der Waals surface area contributed by atoms with Crippen molar-refractivity contribution in [3.05, 3.63) is 58.5 Å². The molecule has 30 heavy (non-hydrogen) atoms. The maximum absolute atomic E-state index is 12.5. The monoisotopic (exact) mass is 435 g/mol. The molecule has 0 fully saturated rings. The number of nitrogens with two attached hydrogens (primary N) is 1. The van der Waals surface area contributed by atoms with Crippen LogP contribution in [0.5, 0.6) is 0 Å². The molecule has 158 valence electrons. The summed E-state index contributed by atoms with van der Waals surface area (Å²) in [5, 5.41) is 0. The molecule has 0 saturated carbocycles. The first-order valence-electron chi connectivity index (χ1n) is 8.79. The van der Waals surface area contributed by atoms with Crippen LogP contribution in [0, 0.1) is 0 Å². The Balaban J connectivity index is 0.00000320. The number of furan rings is 1. The summed E-state index contributed by atoms with van der Waals surface area (Å²) in [6, 6.07) is 7.43. The quantitative estimate of drug-likeness (QED) is 0.241. The minimum absolute atomic E-state index is 0. The minimum Gasteiger partial charge on any atom is -0.462 e. The largest absolute Gasteiger partial charge is 0.462 e. The minimum atomic E-state index is -0.861. The Labute approximate surface area is 176 Å². The van der Waals surface area contributed by atoms with Gasteiger partial charge in [-0.1, -0.05) is 24.3 Å². The number of ketones is 3. The van der Waals surface area contributed by atoms with Crippen molar-refractivity contribution in [2.45, 2.75) is 12.8 Å². The first kappa shape index (κ1) is 23.0. The lowest BCUT2D eigenvalue weighted by Crippen LogP contribution is -2.18. The Kier molecular flexibility index (Phi) is 7.62. The first-order valence-corrected chi connectivity index (χ1v) is 8.79. The van der Waals surface area contributed by atoms with E-state index < -0.39 is 35.7 Å². The van der Waals surface area contributed by atoms with E-state index in [-0.39, 0.29) is 66.8 Å². The highest BCUT2D eigenvalue weighted by Gasteiger charge is 2.34. The average Bonchev–Trinajstić information content (AvgIpc) is 3.16. The summed E-state index contributed by atoms with van der Waals surface area (Å²) >= 11 is 0. The summed E-state index contributed by atoms with van der Waals surface area (Å²) in [4.78, 5) is 60.2. The number of ether oxygens (including phenoxy) is 2. The van der Waals surface area contributed by atoms with Crippen LogP contribution >= 0.6 is 12.4 Å². The van der Waals surface area contributed by atoms with E-state index in [0.29, 0.717) is 0 Å². The van der Waals surface area contributed by atoms with E-state index in [0.717, 1.165) is 6.07 Å². The van der Waals surface area contributed by atoms with E-state index in [1.165, 1.54) is 12.1 Å². The van der Waals surface area contributed by atoms with Crippen molar-refractivity contribution >= 4 is 41.7 Å². The number of fused-ring (bicyclic) bond motifs is 2. The highest BCUT2D eigenvalue weighted by atomic mass is 35.5. The molecule has 2 aromatic rings. The zero-order valence-electron chi connectivity index (χ0n) is 15.7. The Morgan fingerprint density at radius 1 is 0.900 bits per heavy atom. The maximum Gasteiger partial charge on any atom is 0.313 e. The van der Waals surface area contributed by atoms with Crippen LogP contribution in [0.3, 0.4) is 0 Å². The van der Waals surface area contributed by atoms with Gasteiger partial charge >= 0.3 is 11.9 Å². The van der Waals surface area contributed by atoms with Crippen molar-refractivity contribution in [1.29, 1.82) is 0 Å². The molecule has 0 saturated heterocycles. The van der Waals surface area contributed by atoms with E-state index >= 15 is 0 Å². The standard InChI is InChI=1S/C20H17NO8.ClH/c21-6-5-16(23)27-7-8-28-17(24)10-14(22)15-9-13-18(25)11-3-1-2-4-12(11)19(26)20(13)29-15;/h1-4,9H,5-8,10,21H2;1H. The van der Waals surface area contributed by atoms with Gasteiger partial charge in [0.15, 0.2) is 17.3 Å². The lowest BCUT2D eigenvalue weighted by Gasteiger charge is -2.11. The molecular weight excluding hydrogens is 418 g/mol. The third kappa shape index (κ3) is 4.81. The van der Waals surface area contributed by atoms with Gasteiger partial charge in [-0.15, -0.1) is 12.4 Å². The molecule has 0 atom stereocenters. The molecule has 0 radical (unpaired) electrons. The lowest BCUT2D eigenvalue weighted by atomic mass is 9.88. The Morgan fingerprint density at radius 3 is 2.13 bits per heavy atom. The van der Waals surface area contributed by atoms with Crippen LogP contribution in [0.25, 0.3) is 0 Å². The van der Waals surface area contributed by atoms with Crippen LogP contribution in [0.2, 0.25) is 0 Å². The average molecular weight is 436 g/mol. The molecule has 3 rings (SSSR count). The second-order valence-corrected chi connectivity index (χ2v) is 6.14. The van der Waals surface area contributed by atoms with E-state index in [9.17, 15) is 24.0 Å².